The fourth-order valence-corrected chi connectivity index (χ4v) is 1.93. The van der Waals surface area contributed by atoms with Gasteiger partial charge in [0.1, 0.15) is 0 Å². The summed E-state index contributed by atoms with van der Waals surface area (Å²) in [4.78, 5) is 0. The lowest BCUT2D eigenvalue weighted by molar-refractivity contribution is 0.387. The molecular formula is C10H17Cl2N. The Morgan fingerprint density at radius 1 is 1.38 bits per heavy atom. The molecule has 13 heavy (non-hydrogen) atoms. The Balaban J connectivity index is 2.16. The summed E-state index contributed by atoms with van der Waals surface area (Å²) in [6.45, 7) is 2.94. The van der Waals surface area contributed by atoms with Crippen LogP contribution < -0.4 is 5.32 Å². The molecule has 0 bridgehead atoms. The minimum Gasteiger partial charge on any atom is -0.310 e. The molecule has 0 unspecified atom stereocenters. The number of nitrogens with one attached hydrogen (secondary N) is 1. The summed E-state index contributed by atoms with van der Waals surface area (Å²) in [5.74, 6) is 0. The monoisotopic (exact) mass is 221 g/mol. The third-order valence-corrected chi connectivity index (χ3v) is 3.32. The molecule has 0 amide bonds. The zero-order valence-electron chi connectivity index (χ0n) is 8.02. The van der Waals surface area contributed by atoms with Crippen molar-refractivity contribution >= 4 is 23.2 Å². The van der Waals surface area contributed by atoms with Crippen LogP contribution in [0, 0.1) is 0 Å². The highest BCUT2D eigenvalue weighted by Gasteiger charge is 2.18. The maximum absolute atomic E-state index is 6.01. The molecule has 1 aliphatic rings. The molecule has 3 heteroatoms. The lowest BCUT2D eigenvalue weighted by Crippen LogP contribution is -2.34. The average Bonchev–Trinajstić information content (AvgIpc) is 2.16. The van der Waals surface area contributed by atoms with E-state index < -0.39 is 0 Å². The van der Waals surface area contributed by atoms with Gasteiger partial charge in [0.15, 0.2) is 0 Å². The van der Waals surface area contributed by atoms with Crippen LogP contribution in [-0.2, 0) is 0 Å². The summed E-state index contributed by atoms with van der Waals surface area (Å²) >= 11 is 11.6. The first-order chi connectivity index (χ1) is 6.22. The van der Waals surface area contributed by atoms with E-state index in [1.165, 1.54) is 18.4 Å². The molecule has 0 aliphatic heterocycles. The summed E-state index contributed by atoms with van der Waals surface area (Å²) in [6.07, 6.45) is 4.68. The van der Waals surface area contributed by atoms with Gasteiger partial charge < -0.3 is 5.32 Å². The van der Waals surface area contributed by atoms with Gasteiger partial charge in [0, 0.05) is 23.5 Å². The van der Waals surface area contributed by atoms with Gasteiger partial charge in [-0.25, -0.2) is 0 Å². The summed E-state index contributed by atoms with van der Waals surface area (Å²) in [5, 5.41) is 3.89. The number of hydrogen-bond donors (Lipinski definition) is 1. The van der Waals surface area contributed by atoms with Gasteiger partial charge in [0.25, 0.3) is 0 Å². The van der Waals surface area contributed by atoms with Gasteiger partial charge in [-0.15, -0.1) is 11.6 Å². The minimum atomic E-state index is 0.405. The first kappa shape index (κ1) is 11.4. The van der Waals surface area contributed by atoms with Crippen LogP contribution >= 0.6 is 23.2 Å². The molecule has 0 atom stereocenters. The molecule has 1 N–H and O–H groups in total. The first-order valence-corrected chi connectivity index (χ1v) is 5.73. The highest BCUT2D eigenvalue weighted by atomic mass is 35.5. The number of hydrogen-bond acceptors (Lipinski definition) is 1. The Hall–Kier alpha value is 0.280. The number of halogens is 2. The highest BCUT2D eigenvalue weighted by molar-refractivity contribution is 6.25. The van der Waals surface area contributed by atoms with E-state index in [9.17, 15) is 0 Å². The van der Waals surface area contributed by atoms with Gasteiger partial charge in [-0.3, -0.25) is 0 Å². The minimum absolute atomic E-state index is 0.405. The summed E-state index contributed by atoms with van der Waals surface area (Å²) in [5.41, 5.74) is 2.83. The Kier molecular flexibility index (Phi) is 5.15. The molecule has 0 aromatic carbocycles. The first-order valence-electron chi connectivity index (χ1n) is 4.85. The molecule has 1 nitrogen and oxygen atoms in total. The molecule has 76 valence electrons. The summed E-state index contributed by atoms with van der Waals surface area (Å²) in [6, 6.07) is 0.640. The lowest BCUT2D eigenvalue weighted by atomic mass is 9.95. The van der Waals surface area contributed by atoms with E-state index in [2.05, 4.69) is 5.32 Å². The van der Waals surface area contributed by atoms with Gasteiger partial charge in [-0.1, -0.05) is 11.6 Å². The van der Waals surface area contributed by atoms with E-state index in [0.29, 0.717) is 11.4 Å². The van der Waals surface area contributed by atoms with Gasteiger partial charge >= 0.3 is 0 Å². The zero-order chi connectivity index (χ0) is 9.68. The predicted molar refractivity (Wildman–Crippen MR) is 59.5 cm³/mol. The van der Waals surface area contributed by atoms with Crippen LogP contribution in [0.2, 0.25) is 0 Å². The molecule has 0 spiro atoms. The Morgan fingerprint density at radius 2 is 2.00 bits per heavy atom. The van der Waals surface area contributed by atoms with Crippen molar-refractivity contribution in [1.29, 1.82) is 0 Å². The van der Waals surface area contributed by atoms with Crippen molar-refractivity contribution in [3.63, 3.8) is 0 Å². The van der Waals surface area contributed by atoms with Crippen LogP contribution in [0.3, 0.4) is 0 Å². The standard InChI is InChI=1S/C10H17Cl2N/c1-8(6-11)7-13-10-4-2-9(12)3-5-10/h6,9-10,13H,2-5,7H2,1H3. The second kappa shape index (κ2) is 5.90. The molecule has 1 saturated carbocycles. The molecule has 0 aromatic heterocycles. The van der Waals surface area contributed by atoms with Crippen molar-refractivity contribution in [3.05, 3.63) is 11.1 Å². The summed E-state index contributed by atoms with van der Waals surface area (Å²) in [7, 11) is 0. The fourth-order valence-electron chi connectivity index (χ4n) is 1.60. The lowest BCUT2D eigenvalue weighted by Gasteiger charge is -2.25. The van der Waals surface area contributed by atoms with Gasteiger partial charge in [-0.2, -0.15) is 0 Å². The van der Waals surface area contributed by atoms with Crippen molar-refractivity contribution in [2.75, 3.05) is 6.54 Å². The van der Waals surface area contributed by atoms with Crippen LogP contribution in [0.25, 0.3) is 0 Å². The maximum atomic E-state index is 6.01. The number of alkyl halides is 1. The van der Waals surface area contributed by atoms with E-state index in [1.807, 2.05) is 6.92 Å². The normalized spacial score (nSPS) is 30.5. The third kappa shape index (κ3) is 4.35. The topological polar surface area (TPSA) is 12.0 Å². The third-order valence-electron chi connectivity index (χ3n) is 2.51. The quantitative estimate of drug-likeness (QED) is 0.722. The Morgan fingerprint density at radius 3 is 2.54 bits per heavy atom. The van der Waals surface area contributed by atoms with Crippen molar-refractivity contribution < 1.29 is 0 Å². The van der Waals surface area contributed by atoms with Crippen LogP contribution in [-0.4, -0.2) is 18.0 Å². The fraction of sp³-hybridized carbons (Fsp3) is 0.800. The zero-order valence-corrected chi connectivity index (χ0v) is 9.54. The largest absolute Gasteiger partial charge is 0.310 e. The summed E-state index contributed by atoms with van der Waals surface area (Å²) < 4.78 is 0. The molecule has 0 radical (unpaired) electrons. The van der Waals surface area contributed by atoms with E-state index in [-0.39, 0.29) is 0 Å². The molecule has 1 aliphatic carbocycles. The molecule has 0 aromatic rings. The van der Waals surface area contributed by atoms with E-state index >= 15 is 0 Å². The average molecular weight is 222 g/mol. The molecule has 0 saturated heterocycles. The van der Waals surface area contributed by atoms with E-state index in [4.69, 9.17) is 23.2 Å². The maximum Gasteiger partial charge on any atom is 0.0337 e. The van der Waals surface area contributed by atoms with Gasteiger partial charge in [0.05, 0.1) is 0 Å². The Bertz CT molecular complexity index is 172. The SMILES string of the molecule is CC(=CCl)CNC1CCC(Cl)CC1. The smallest absolute Gasteiger partial charge is 0.0337 e. The predicted octanol–water partition coefficient (Wildman–Crippen LogP) is 3.27. The second-order valence-corrected chi connectivity index (χ2v) is 4.62. The van der Waals surface area contributed by atoms with E-state index in [1.54, 1.807) is 5.54 Å². The second-order valence-electron chi connectivity index (χ2n) is 3.79. The molecule has 0 heterocycles. The van der Waals surface area contributed by atoms with Crippen LogP contribution in [0.1, 0.15) is 32.6 Å². The van der Waals surface area contributed by atoms with Gasteiger partial charge in [0.2, 0.25) is 0 Å². The van der Waals surface area contributed by atoms with Crippen LogP contribution in [0.15, 0.2) is 11.1 Å². The molecule has 1 rings (SSSR count). The van der Waals surface area contributed by atoms with Gasteiger partial charge in [-0.05, 0) is 38.2 Å². The van der Waals surface area contributed by atoms with Crippen LogP contribution in [0.5, 0.6) is 0 Å². The van der Waals surface area contributed by atoms with Crippen molar-refractivity contribution in [1.82, 2.24) is 5.32 Å². The van der Waals surface area contributed by atoms with Crippen LogP contribution in [0.4, 0.5) is 0 Å². The number of rotatable bonds is 3. The van der Waals surface area contributed by atoms with Crippen molar-refractivity contribution in [2.45, 2.75) is 44.0 Å². The van der Waals surface area contributed by atoms with Crippen molar-refractivity contribution in [2.24, 2.45) is 0 Å². The highest BCUT2D eigenvalue weighted by Crippen LogP contribution is 2.22. The molecular weight excluding hydrogens is 205 g/mol. The molecule has 1 fully saturated rings. The van der Waals surface area contributed by atoms with Crippen molar-refractivity contribution in [3.8, 4) is 0 Å². The Labute approximate surface area is 90.5 Å². The van der Waals surface area contributed by atoms with E-state index in [0.717, 1.165) is 19.4 Å².